The van der Waals surface area contributed by atoms with Gasteiger partial charge in [-0.15, -0.1) is 0 Å². The first kappa shape index (κ1) is 11.9. The predicted molar refractivity (Wildman–Crippen MR) is 48.4 cm³/mol. The van der Waals surface area contributed by atoms with Crippen molar-refractivity contribution in [1.82, 2.24) is 0 Å². The summed E-state index contributed by atoms with van der Waals surface area (Å²) in [5.74, 6) is -1.48. The van der Waals surface area contributed by atoms with Crippen molar-refractivity contribution < 1.29 is 25.2 Å². The maximum absolute atomic E-state index is 10.8. The molecule has 1 aliphatic rings. The van der Waals surface area contributed by atoms with Crippen LogP contribution in [0.2, 0.25) is 0 Å². The lowest BCUT2D eigenvalue weighted by atomic mass is 9.92. The quantitative estimate of drug-likeness (QED) is 0.503. The Morgan fingerprint density at radius 1 is 0.929 bits per heavy atom. The van der Waals surface area contributed by atoms with Crippen LogP contribution in [0.4, 0.5) is 0 Å². The van der Waals surface area contributed by atoms with Gasteiger partial charge in [0.2, 0.25) is 5.79 Å². The minimum Gasteiger partial charge on any atom is -0.234 e. The number of hydrogen-bond donors (Lipinski definition) is 0. The molecule has 0 saturated heterocycles. The van der Waals surface area contributed by atoms with Crippen LogP contribution in [0.15, 0.2) is 0 Å². The van der Waals surface area contributed by atoms with E-state index < -0.39 is 26.0 Å². The summed E-state index contributed by atoms with van der Waals surface area (Å²) in [5, 5.41) is 0. The van der Waals surface area contributed by atoms with E-state index in [0.29, 0.717) is 6.42 Å². The van der Waals surface area contributed by atoms with Crippen LogP contribution in [0.3, 0.4) is 0 Å². The van der Waals surface area contributed by atoms with Gasteiger partial charge in [0.15, 0.2) is 0 Å². The maximum atomic E-state index is 10.8. The average Bonchev–Trinajstić information content (AvgIpc) is 1.75. The highest BCUT2D eigenvalue weighted by Gasteiger charge is 2.45. The first-order chi connectivity index (χ1) is 6.12. The van der Waals surface area contributed by atoms with Crippen LogP contribution in [-0.4, -0.2) is 35.1 Å². The van der Waals surface area contributed by atoms with E-state index in [4.69, 9.17) is 0 Å². The Hall–Kier alpha value is -0.180. The van der Waals surface area contributed by atoms with Gasteiger partial charge in [-0.25, -0.2) is 8.37 Å². The van der Waals surface area contributed by atoms with Gasteiger partial charge in [-0.2, -0.15) is 16.8 Å². The van der Waals surface area contributed by atoms with Crippen molar-refractivity contribution in [2.24, 2.45) is 0 Å². The van der Waals surface area contributed by atoms with Gasteiger partial charge < -0.3 is 0 Å². The van der Waals surface area contributed by atoms with Crippen molar-refractivity contribution >= 4 is 20.2 Å². The van der Waals surface area contributed by atoms with Gasteiger partial charge in [-0.3, -0.25) is 0 Å². The van der Waals surface area contributed by atoms with Crippen LogP contribution in [0, 0.1) is 0 Å². The van der Waals surface area contributed by atoms with E-state index in [1.54, 1.807) is 0 Å². The van der Waals surface area contributed by atoms with Crippen molar-refractivity contribution in [2.45, 2.75) is 25.0 Å². The largest absolute Gasteiger partial charge is 0.267 e. The van der Waals surface area contributed by atoms with Crippen molar-refractivity contribution in [2.75, 3.05) is 12.5 Å². The number of hydrogen-bond acceptors (Lipinski definition) is 6. The van der Waals surface area contributed by atoms with Crippen LogP contribution in [-0.2, 0) is 28.6 Å². The monoisotopic (exact) mass is 244 g/mol. The molecule has 0 aliphatic heterocycles. The zero-order chi connectivity index (χ0) is 11.0. The fourth-order valence-electron chi connectivity index (χ4n) is 1.20. The van der Waals surface area contributed by atoms with Gasteiger partial charge >= 0.3 is 0 Å². The van der Waals surface area contributed by atoms with Crippen molar-refractivity contribution in [3.63, 3.8) is 0 Å². The standard InChI is InChI=1S/C6H12O6S2/c1-13(7,8)11-6(4-3-5-6)12-14(2,9)10/h3-5H2,1-2H3. The molecule has 0 atom stereocenters. The first-order valence-corrected chi connectivity index (χ1v) is 7.56. The molecule has 0 heterocycles. The first-order valence-electron chi connectivity index (χ1n) is 3.93. The molecule has 0 bridgehead atoms. The zero-order valence-corrected chi connectivity index (χ0v) is 9.52. The van der Waals surface area contributed by atoms with Gasteiger partial charge in [0.1, 0.15) is 0 Å². The Morgan fingerprint density at radius 3 is 1.43 bits per heavy atom. The lowest BCUT2D eigenvalue weighted by Gasteiger charge is -2.37. The molecule has 6 nitrogen and oxygen atoms in total. The van der Waals surface area contributed by atoms with Gasteiger partial charge in [-0.05, 0) is 6.42 Å². The van der Waals surface area contributed by atoms with E-state index in [1.165, 1.54) is 0 Å². The summed E-state index contributed by atoms with van der Waals surface area (Å²) in [6, 6.07) is 0. The number of rotatable bonds is 4. The average molecular weight is 244 g/mol. The molecule has 1 rings (SSSR count). The van der Waals surface area contributed by atoms with Crippen LogP contribution in [0.5, 0.6) is 0 Å². The molecule has 0 aromatic heterocycles. The molecule has 14 heavy (non-hydrogen) atoms. The molecular formula is C6H12O6S2. The summed E-state index contributed by atoms with van der Waals surface area (Å²) in [6.07, 6.45) is 2.95. The maximum Gasteiger partial charge on any atom is 0.267 e. The topological polar surface area (TPSA) is 86.7 Å². The molecule has 0 aromatic carbocycles. The molecule has 1 aliphatic carbocycles. The minimum atomic E-state index is -3.70. The molecule has 0 amide bonds. The molecule has 8 heteroatoms. The lowest BCUT2D eigenvalue weighted by molar-refractivity contribution is -0.159. The second-order valence-electron chi connectivity index (χ2n) is 3.34. The van der Waals surface area contributed by atoms with E-state index in [-0.39, 0.29) is 12.8 Å². The third-order valence-corrected chi connectivity index (χ3v) is 2.93. The van der Waals surface area contributed by atoms with Gasteiger partial charge in [0.25, 0.3) is 20.2 Å². The van der Waals surface area contributed by atoms with E-state index in [2.05, 4.69) is 8.37 Å². The second kappa shape index (κ2) is 3.44. The highest BCUT2D eigenvalue weighted by molar-refractivity contribution is 7.86. The summed E-state index contributed by atoms with van der Waals surface area (Å²) < 4.78 is 52.5. The molecule has 1 fully saturated rings. The van der Waals surface area contributed by atoms with E-state index in [1.807, 2.05) is 0 Å². The van der Waals surface area contributed by atoms with E-state index >= 15 is 0 Å². The minimum absolute atomic E-state index is 0.271. The van der Waals surface area contributed by atoms with E-state index in [9.17, 15) is 16.8 Å². The summed E-state index contributed by atoms with van der Waals surface area (Å²) in [5.41, 5.74) is 0. The second-order valence-corrected chi connectivity index (χ2v) is 6.49. The van der Waals surface area contributed by atoms with Crippen molar-refractivity contribution in [3.8, 4) is 0 Å². The molecule has 0 aromatic rings. The molecular weight excluding hydrogens is 232 g/mol. The normalized spacial score (nSPS) is 21.6. The molecule has 84 valence electrons. The highest BCUT2D eigenvalue weighted by atomic mass is 32.2. The van der Waals surface area contributed by atoms with Crippen molar-refractivity contribution in [3.05, 3.63) is 0 Å². The van der Waals surface area contributed by atoms with Crippen LogP contribution >= 0.6 is 0 Å². The highest BCUT2D eigenvalue weighted by Crippen LogP contribution is 2.38. The van der Waals surface area contributed by atoms with E-state index in [0.717, 1.165) is 12.5 Å². The molecule has 0 radical (unpaired) electrons. The van der Waals surface area contributed by atoms with Crippen molar-refractivity contribution in [1.29, 1.82) is 0 Å². The Kier molecular flexibility index (Phi) is 2.92. The lowest BCUT2D eigenvalue weighted by Crippen LogP contribution is -2.45. The Bertz CT molecular complexity index is 366. The van der Waals surface area contributed by atoms with Gasteiger partial charge in [-0.1, -0.05) is 0 Å². The SMILES string of the molecule is CS(=O)(=O)OC1(OS(C)(=O)=O)CCC1. The molecule has 1 saturated carbocycles. The summed E-state index contributed by atoms with van der Waals surface area (Å²) in [7, 11) is -7.41. The summed E-state index contributed by atoms with van der Waals surface area (Å²) in [4.78, 5) is 0. The molecule has 0 unspecified atom stereocenters. The fourth-order valence-corrected chi connectivity index (χ4v) is 2.75. The summed E-state index contributed by atoms with van der Waals surface area (Å²) >= 11 is 0. The third kappa shape index (κ3) is 3.52. The molecule has 0 spiro atoms. The smallest absolute Gasteiger partial charge is 0.234 e. The third-order valence-electron chi connectivity index (χ3n) is 1.72. The predicted octanol–water partition coefficient (Wildman–Crippen LogP) is -0.181. The Labute approximate surface area is 83.5 Å². The fraction of sp³-hybridized carbons (Fsp3) is 1.00. The van der Waals surface area contributed by atoms with Crippen LogP contribution in [0.1, 0.15) is 19.3 Å². The zero-order valence-electron chi connectivity index (χ0n) is 7.89. The Balaban J connectivity index is 2.79. The van der Waals surface area contributed by atoms with Gasteiger partial charge in [0, 0.05) is 12.8 Å². The Morgan fingerprint density at radius 2 is 1.29 bits per heavy atom. The molecule has 0 N–H and O–H groups in total. The van der Waals surface area contributed by atoms with Crippen LogP contribution in [0.25, 0.3) is 0 Å². The van der Waals surface area contributed by atoms with Crippen LogP contribution < -0.4 is 0 Å². The van der Waals surface area contributed by atoms with Gasteiger partial charge in [0.05, 0.1) is 12.5 Å². The summed E-state index contributed by atoms with van der Waals surface area (Å²) in [6.45, 7) is 0.